The maximum Gasteiger partial charge on any atom is 0.255 e. The van der Waals surface area contributed by atoms with Crippen LogP contribution >= 0.6 is 0 Å². The fourth-order valence-corrected chi connectivity index (χ4v) is 3.87. The number of anilines is 2. The first-order valence-electron chi connectivity index (χ1n) is 8.93. The van der Waals surface area contributed by atoms with Crippen LogP contribution in [0.5, 0.6) is 5.75 Å². The third-order valence-electron chi connectivity index (χ3n) is 4.68. The normalized spacial score (nSPS) is 14.7. The van der Waals surface area contributed by atoms with Crippen molar-refractivity contribution in [2.75, 3.05) is 36.7 Å². The van der Waals surface area contributed by atoms with E-state index in [-0.39, 0.29) is 16.4 Å². The highest BCUT2D eigenvalue weighted by Crippen LogP contribution is 2.31. The number of piperidine rings is 1. The molecule has 0 radical (unpaired) electrons. The van der Waals surface area contributed by atoms with Gasteiger partial charge in [0.25, 0.3) is 5.91 Å². The van der Waals surface area contributed by atoms with Crippen molar-refractivity contribution in [1.29, 1.82) is 0 Å². The van der Waals surface area contributed by atoms with Gasteiger partial charge in [-0.2, -0.15) is 0 Å². The number of hydrogen-bond acceptors (Lipinski definition) is 5. The lowest BCUT2D eigenvalue weighted by molar-refractivity contribution is 0.102. The molecule has 1 heterocycles. The predicted molar refractivity (Wildman–Crippen MR) is 107 cm³/mol. The van der Waals surface area contributed by atoms with Gasteiger partial charge in [-0.25, -0.2) is 8.42 Å². The highest BCUT2D eigenvalue weighted by Gasteiger charge is 2.16. The molecule has 6 nitrogen and oxygen atoms in total. The lowest BCUT2D eigenvalue weighted by atomic mass is 10.1. The van der Waals surface area contributed by atoms with Gasteiger partial charge in [0.1, 0.15) is 5.75 Å². The molecule has 2 aromatic carbocycles. The highest BCUT2D eigenvalue weighted by atomic mass is 32.2. The van der Waals surface area contributed by atoms with E-state index in [1.807, 2.05) is 18.2 Å². The fraction of sp³-hybridized carbons (Fsp3) is 0.350. The van der Waals surface area contributed by atoms with E-state index in [9.17, 15) is 13.2 Å². The first-order valence-corrected chi connectivity index (χ1v) is 10.8. The molecule has 1 N–H and O–H groups in total. The molecule has 1 fully saturated rings. The molecule has 1 aliphatic rings. The second kappa shape index (κ2) is 8.00. The van der Waals surface area contributed by atoms with Gasteiger partial charge in [-0.3, -0.25) is 4.79 Å². The van der Waals surface area contributed by atoms with Crippen LogP contribution in [-0.2, 0) is 9.84 Å². The zero-order valence-corrected chi connectivity index (χ0v) is 16.4. The van der Waals surface area contributed by atoms with Gasteiger partial charge in [0.15, 0.2) is 9.84 Å². The summed E-state index contributed by atoms with van der Waals surface area (Å²) in [6.07, 6.45) is 4.68. The van der Waals surface area contributed by atoms with Gasteiger partial charge in [-0.05, 0) is 55.7 Å². The van der Waals surface area contributed by atoms with Crippen LogP contribution in [0.3, 0.4) is 0 Å². The van der Waals surface area contributed by atoms with Gasteiger partial charge in [0.05, 0.1) is 17.7 Å². The monoisotopic (exact) mass is 388 g/mol. The molecule has 2 aromatic rings. The fourth-order valence-electron chi connectivity index (χ4n) is 3.20. The zero-order chi connectivity index (χ0) is 19.4. The Balaban J connectivity index is 1.86. The molecule has 1 aliphatic heterocycles. The number of amides is 1. The zero-order valence-electron chi connectivity index (χ0n) is 15.6. The maximum absolute atomic E-state index is 12.7. The lowest BCUT2D eigenvalue weighted by Gasteiger charge is -2.29. The van der Waals surface area contributed by atoms with Crippen molar-refractivity contribution in [2.45, 2.75) is 24.2 Å². The number of methoxy groups -OCH3 is 1. The second-order valence-corrected chi connectivity index (χ2v) is 8.70. The van der Waals surface area contributed by atoms with Crippen molar-refractivity contribution >= 4 is 27.1 Å². The van der Waals surface area contributed by atoms with Gasteiger partial charge >= 0.3 is 0 Å². The van der Waals surface area contributed by atoms with Crippen LogP contribution in [0.15, 0.2) is 47.4 Å². The molecule has 0 aromatic heterocycles. The summed E-state index contributed by atoms with van der Waals surface area (Å²) < 4.78 is 28.8. The Morgan fingerprint density at radius 1 is 1.07 bits per heavy atom. The number of nitrogens with zero attached hydrogens (tertiary/aromatic N) is 1. The molecule has 1 amide bonds. The van der Waals surface area contributed by atoms with Crippen molar-refractivity contribution in [3.05, 3.63) is 48.0 Å². The number of nitrogens with one attached hydrogen (secondary N) is 1. The smallest absolute Gasteiger partial charge is 0.255 e. The second-order valence-electron chi connectivity index (χ2n) is 6.69. The Bertz CT molecular complexity index is 935. The molecule has 7 heteroatoms. The molecular weight excluding hydrogens is 364 g/mol. The first-order chi connectivity index (χ1) is 12.9. The Labute approximate surface area is 160 Å². The topological polar surface area (TPSA) is 75.7 Å². The summed E-state index contributed by atoms with van der Waals surface area (Å²) in [5.41, 5.74) is 1.88. The SMILES string of the molecule is COc1ccc(N2CCCCC2)cc1NC(=O)c1cccc(S(C)(=O)=O)c1. The molecule has 0 saturated carbocycles. The van der Waals surface area contributed by atoms with E-state index in [0.717, 1.165) is 37.9 Å². The predicted octanol–water partition coefficient (Wildman–Crippen LogP) is 3.34. The van der Waals surface area contributed by atoms with Crippen LogP contribution in [0.25, 0.3) is 0 Å². The van der Waals surface area contributed by atoms with E-state index in [1.54, 1.807) is 19.2 Å². The quantitative estimate of drug-likeness (QED) is 0.850. The minimum Gasteiger partial charge on any atom is -0.495 e. The van der Waals surface area contributed by atoms with Crippen LogP contribution in [0.1, 0.15) is 29.6 Å². The molecule has 0 bridgehead atoms. The van der Waals surface area contributed by atoms with Gasteiger partial charge in [0.2, 0.25) is 0 Å². The highest BCUT2D eigenvalue weighted by molar-refractivity contribution is 7.90. The van der Waals surface area contributed by atoms with Gasteiger partial charge < -0.3 is 15.0 Å². The van der Waals surface area contributed by atoms with Gasteiger partial charge in [-0.1, -0.05) is 6.07 Å². The largest absolute Gasteiger partial charge is 0.495 e. The minimum atomic E-state index is -3.38. The summed E-state index contributed by atoms with van der Waals surface area (Å²) in [7, 11) is -1.83. The van der Waals surface area contributed by atoms with E-state index in [0.29, 0.717) is 11.4 Å². The van der Waals surface area contributed by atoms with Crippen LogP contribution in [0.2, 0.25) is 0 Å². The summed E-state index contributed by atoms with van der Waals surface area (Å²) in [6, 6.07) is 11.7. The van der Waals surface area contributed by atoms with Gasteiger partial charge in [-0.15, -0.1) is 0 Å². The molecule has 144 valence electrons. The molecular formula is C20H24N2O4S. The summed E-state index contributed by atoms with van der Waals surface area (Å²) in [4.78, 5) is 15.1. The van der Waals surface area contributed by atoms with Crippen LogP contribution in [0.4, 0.5) is 11.4 Å². The Kier molecular flexibility index (Phi) is 5.70. The van der Waals surface area contributed by atoms with Crippen LogP contribution in [-0.4, -0.2) is 40.8 Å². The molecule has 27 heavy (non-hydrogen) atoms. The summed E-state index contributed by atoms with van der Waals surface area (Å²) >= 11 is 0. The van der Waals surface area contributed by atoms with Crippen molar-refractivity contribution < 1.29 is 17.9 Å². The summed E-state index contributed by atoms with van der Waals surface area (Å²) in [5.74, 6) is 0.179. The summed E-state index contributed by atoms with van der Waals surface area (Å²) in [6.45, 7) is 1.99. The average Bonchev–Trinajstić information content (AvgIpc) is 2.68. The third kappa shape index (κ3) is 4.60. The Morgan fingerprint density at radius 2 is 1.81 bits per heavy atom. The number of carbonyl (C=O) groups excluding carboxylic acids is 1. The van der Waals surface area contributed by atoms with E-state index >= 15 is 0 Å². The Morgan fingerprint density at radius 3 is 2.48 bits per heavy atom. The molecule has 0 atom stereocenters. The van der Waals surface area contributed by atoms with Crippen LogP contribution < -0.4 is 15.0 Å². The van der Waals surface area contributed by atoms with E-state index in [1.165, 1.54) is 18.6 Å². The first kappa shape index (κ1) is 19.2. The maximum atomic E-state index is 12.7. The lowest BCUT2D eigenvalue weighted by Crippen LogP contribution is -2.29. The number of benzene rings is 2. The number of rotatable bonds is 5. The van der Waals surface area contributed by atoms with Crippen molar-refractivity contribution in [3.8, 4) is 5.75 Å². The molecule has 3 rings (SSSR count). The molecule has 1 saturated heterocycles. The minimum absolute atomic E-state index is 0.115. The average molecular weight is 388 g/mol. The van der Waals surface area contributed by atoms with E-state index in [2.05, 4.69) is 10.2 Å². The standard InChI is InChI=1S/C20H24N2O4S/c1-26-19-10-9-16(22-11-4-3-5-12-22)14-18(19)21-20(23)15-7-6-8-17(13-15)27(2,24)25/h6-10,13-14H,3-5,11-12H2,1-2H3,(H,21,23). The van der Waals surface area contributed by atoms with Crippen molar-refractivity contribution in [2.24, 2.45) is 0 Å². The Hall–Kier alpha value is -2.54. The van der Waals surface area contributed by atoms with E-state index < -0.39 is 9.84 Å². The molecule has 0 unspecified atom stereocenters. The summed E-state index contributed by atoms with van der Waals surface area (Å²) in [5, 5.41) is 2.85. The third-order valence-corrected chi connectivity index (χ3v) is 5.79. The number of ether oxygens (including phenoxy) is 1. The van der Waals surface area contributed by atoms with E-state index in [4.69, 9.17) is 4.74 Å². The van der Waals surface area contributed by atoms with Gasteiger partial charge in [0, 0.05) is 30.6 Å². The number of carbonyl (C=O) groups is 1. The van der Waals surface area contributed by atoms with Crippen molar-refractivity contribution in [1.82, 2.24) is 0 Å². The number of hydrogen-bond donors (Lipinski definition) is 1. The van der Waals surface area contributed by atoms with Crippen molar-refractivity contribution in [3.63, 3.8) is 0 Å². The molecule has 0 aliphatic carbocycles. The molecule has 0 spiro atoms. The number of sulfone groups is 1. The van der Waals surface area contributed by atoms with Crippen LogP contribution in [0, 0.1) is 0 Å².